The SMILES string of the molecule is CCCC(CN)Cc1c(Br)c(CC)nn1C. The first kappa shape index (κ1) is 13.7. The van der Waals surface area contributed by atoms with E-state index in [0.29, 0.717) is 5.92 Å². The first-order valence-electron chi connectivity index (χ1n) is 6.04. The topological polar surface area (TPSA) is 43.8 Å². The van der Waals surface area contributed by atoms with Crippen molar-refractivity contribution in [1.82, 2.24) is 9.78 Å². The van der Waals surface area contributed by atoms with Crippen molar-refractivity contribution < 1.29 is 0 Å². The van der Waals surface area contributed by atoms with Crippen LogP contribution < -0.4 is 5.73 Å². The minimum atomic E-state index is 0.571. The maximum absolute atomic E-state index is 5.80. The summed E-state index contributed by atoms with van der Waals surface area (Å²) < 4.78 is 3.16. The van der Waals surface area contributed by atoms with Crippen LogP contribution >= 0.6 is 15.9 Å². The van der Waals surface area contributed by atoms with Gasteiger partial charge in [0.05, 0.1) is 15.9 Å². The Morgan fingerprint density at radius 3 is 2.56 bits per heavy atom. The second kappa shape index (κ2) is 6.40. The molecule has 0 saturated carbocycles. The number of nitrogens with two attached hydrogens (primary N) is 1. The molecule has 0 amide bonds. The van der Waals surface area contributed by atoms with Crippen LogP contribution in [-0.4, -0.2) is 16.3 Å². The third-order valence-corrected chi connectivity index (χ3v) is 3.93. The number of rotatable bonds is 6. The van der Waals surface area contributed by atoms with Crippen LogP contribution in [0.15, 0.2) is 4.47 Å². The molecule has 1 unspecified atom stereocenters. The van der Waals surface area contributed by atoms with Gasteiger partial charge in [-0.2, -0.15) is 5.10 Å². The summed E-state index contributed by atoms with van der Waals surface area (Å²) in [5.74, 6) is 0.571. The van der Waals surface area contributed by atoms with Crippen LogP contribution in [0.5, 0.6) is 0 Å². The van der Waals surface area contributed by atoms with Gasteiger partial charge >= 0.3 is 0 Å². The molecule has 0 aliphatic rings. The molecular weight excluding hydrogens is 266 g/mol. The third kappa shape index (κ3) is 3.08. The molecule has 0 bridgehead atoms. The Morgan fingerprint density at radius 1 is 1.44 bits per heavy atom. The predicted molar refractivity (Wildman–Crippen MR) is 71.4 cm³/mol. The van der Waals surface area contributed by atoms with E-state index in [0.717, 1.165) is 25.1 Å². The molecule has 2 N–H and O–H groups in total. The highest BCUT2D eigenvalue weighted by molar-refractivity contribution is 9.10. The van der Waals surface area contributed by atoms with Crippen LogP contribution in [0.4, 0.5) is 0 Å². The van der Waals surface area contributed by atoms with Crippen molar-refractivity contribution in [2.45, 2.75) is 39.5 Å². The van der Waals surface area contributed by atoms with Crippen molar-refractivity contribution in [2.75, 3.05) is 6.54 Å². The van der Waals surface area contributed by atoms with E-state index in [-0.39, 0.29) is 0 Å². The Balaban J connectivity index is 2.82. The first-order chi connectivity index (χ1) is 7.63. The average Bonchev–Trinajstić information content (AvgIpc) is 2.55. The molecule has 16 heavy (non-hydrogen) atoms. The van der Waals surface area contributed by atoms with Crippen LogP contribution in [0, 0.1) is 5.92 Å². The molecule has 0 saturated heterocycles. The van der Waals surface area contributed by atoms with Crippen molar-refractivity contribution in [3.63, 3.8) is 0 Å². The lowest BCUT2D eigenvalue weighted by Crippen LogP contribution is -2.18. The number of nitrogens with zero attached hydrogens (tertiary/aromatic N) is 2. The molecule has 3 nitrogen and oxygen atoms in total. The molecule has 1 atom stereocenters. The van der Waals surface area contributed by atoms with E-state index >= 15 is 0 Å². The van der Waals surface area contributed by atoms with E-state index in [1.54, 1.807) is 0 Å². The van der Waals surface area contributed by atoms with Crippen LogP contribution in [0.2, 0.25) is 0 Å². The first-order valence-corrected chi connectivity index (χ1v) is 6.83. The van der Waals surface area contributed by atoms with Gasteiger partial charge in [0, 0.05) is 7.05 Å². The molecule has 1 rings (SSSR count). The molecule has 0 spiro atoms. The van der Waals surface area contributed by atoms with Gasteiger partial charge in [0.2, 0.25) is 0 Å². The van der Waals surface area contributed by atoms with Gasteiger partial charge in [-0.05, 0) is 47.7 Å². The van der Waals surface area contributed by atoms with E-state index in [2.05, 4.69) is 34.9 Å². The van der Waals surface area contributed by atoms with Gasteiger partial charge in [-0.3, -0.25) is 4.68 Å². The van der Waals surface area contributed by atoms with Crippen molar-refractivity contribution in [2.24, 2.45) is 18.7 Å². The van der Waals surface area contributed by atoms with Crippen LogP contribution in [0.3, 0.4) is 0 Å². The van der Waals surface area contributed by atoms with E-state index < -0.39 is 0 Å². The van der Waals surface area contributed by atoms with Gasteiger partial charge in [-0.15, -0.1) is 0 Å². The minimum absolute atomic E-state index is 0.571. The van der Waals surface area contributed by atoms with Gasteiger partial charge < -0.3 is 5.73 Å². The second-order valence-electron chi connectivity index (χ2n) is 4.28. The van der Waals surface area contributed by atoms with E-state index in [1.807, 2.05) is 11.7 Å². The fraction of sp³-hybridized carbons (Fsp3) is 0.750. The zero-order valence-electron chi connectivity index (χ0n) is 10.5. The lowest BCUT2D eigenvalue weighted by molar-refractivity contribution is 0.471. The molecule has 92 valence electrons. The molecule has 1 aromatic heterocycles. The molecule has 0 aliphatic heterocycles. The summed E-state index contributed by atoms with van der Waals surface area (Å²) in [6.07, 6.45) is 4.37. The largest absolute Gasteiger partial charge is 0.330 e. The molecule has 4 heteroatoms. The van der Waals surface area contributed by atoms with Gasteiger partial charge in [0.15, 0.2) is 0 Å². The van der Waals surface area contributed by atoms with Crippen molar-refractivity contribution in [3.05, 3.63) is 15.9 Å². The van der Waals surface area contributed by atoms with Crippen LogP contribution in [-0.2, 0) is 19.9 Å². The second-order valence-corrected chi connectivity index (χ2v) is 5.07. The minimum Gasteiger partial charge on any atom is -0.330 e. The van der Waals surface area contributed by atoms with Crippen LogP contribution in [0.25, 0.3) is 0 Å². The van der Waals surface area contributed by atoms with Crippen molar-refractivity contribution in [1.29, 1.82) is 0 Å². The fourth-order valence-electron chi connectivity index (χ4n) is 2.03. The molecular formula is C12H22BrN3. The Kier molecular flexibility index (Phi) is 5.49. The van der Waals surface area contributed by atoms with E-state index in [4.69, 9.17) is 5.73 Å². The Labute approximate surface area is 107 Å². The smallest absolute Gasteiger partial charge is 0.0766 e. The van der Waals surface area contributed by atoms with Gasteiger partial charge in [0.1, 0.15) is 0 Å². The van der Waals surface area contributed by atoms with Gasteiger partial charge in [-0.1, -0.05) is 20.3 Å². The van der Waals surface area contributed by atoms with E-state index in [1.165, 1.54) is 23.0 Å². The van der Waals surface area contributed by atoms with Crippen LogP contribution in [0.1, 0.15) is 38.1 Å². The Bertz CT molecular complexity index is 333. The highest BCUT2D eigenvalue weighted by Gasteiger charge is 2.16. The molecule has 1 heterocycles. The monoisotopic (exact) mass is 287 g/mol. The maximum atomic E-state index is 5.80. The zero-order chi connectivity index (χ0) is 12.1. The Hall–Kier alpha value is -0.350. The van der Waals surface area contributed by atoms with Crippen molar-refractivity contribution >= 4 is 15.9 Å². The highest BCUT2D eigenvalue weighted by atomic mass is 79.9. The zero-order valence-corrected chi connectivity index (χ0v) is 12.0. The Morgan fingerprint density at radius 2 is 2.12 bits per heavy atom. The molecule has 0 fully saturated rings. The number of hydrogen-bond donors (Lipinski definition) is 1. The normalized spacial score (nSPS) is 13.1. The molecule has 1 aromatic rings. The summed E-state index contributed by atoms with van der Waals surface area (Å²) in [4.78, 5) is 0. The molecule has 0 radical (unpaired) electrons. The lowest BCUT2D eigenvalue weighted by atomic mass is 9.98. The molecule has 0 aromatic carbocycles. The summed E-state index contributed by atoms with van der Waals surface area (Å²) in [5, 5.41) is 4.51. The molecule has 0 aliphatic carbocycles. The highest BCUT2D eigenvalue weighted by Crippen LogP contribution is 2.25. The quantitative estimate of drug-likeness (QED) is 0.874. The predicted octanol–water partition coefficient (Wildman–Crippen LogP) is 2.66. The fourth-order valence-corrected chi connectivity index (χ4v) is 2.80. The summed E-state index contributed by atoms with van der Waals surface area (Å²) in [6.45, 7) is 5.09. The standard InChI is InChI=1S/C12H22BrN3/c1-4-6-9(8-14)7-11-12(13)10(5-2)15-16(11)3/h9H,4-8,14H2,1-3H3. The lowest BCUT2D eigenvalue weighted by Gasteiger charge is -2.13. The summed E-state index contributed by atoms with van der Waals surface area (Å²) in [5.41, 5.74) is 8.22. The summed E-state index contributed by atoms with van der Waals surface area (Å²) in [6, 6.07) is 0. The summed E-state index contributed by atoms with van der Waals surface area (Å²) >= 11 is 3.65. The van der Waals surface area contributed by atoms with Gasteiger partial charge in [0.25, 0.3) is 0 Å². The average molecular weight is 288 g/mol. The summed E-state index contributed by atoms with van der Waals surface area (Å²) in [7, 11) is 2.01. The maximum Gasteiger partial charge on any atom is 0.0766 e. The van der Waals surface area contributed by atoms with Crippen molar-refractivity contribution in [3.8, 4) is 0 Å². The van der Waals surface area contributed by atoms with E-state index in [9.17, 15) is 0 Å². The van der Waals surface area contributed by atoms with Gasteiger partial charge in [-0.25, -0.2) is 0 Å². The number of halogens is 1. The number of aromatic nitrogens is 2. The third-order valence-electron chi connectivity index (χ3n) is 3.02. The number of hydrogen-bond acceptors (Lipinski definition) is 2. The number of aryl methyl sites for hydroxylation is 2.